The molecule has 1 amide bonds. The standard InChI is InChI=1S/C15H22N2O/c1-15(8-2-3-9-15)11-17-14(18)10-12-4-6-13(16)7-5-12/h4-7H,2-3,8-11,16H2,1H3,(H,17,18). The van der Waals surface area contributed by atoms with Gasteiger partial charge in [0.1, 0.15) is 0 Å². The summed E-state index contributed by atoms with van der Waals surface area (Å²) in [5.74, 6) is 0.105. The van der Waals surface area contributed by atoms with E-state index >= 15 is 0 Å². The highest BCUT2D eigenvalue weighted by molar-refractivity contribution is 5.78. The number of carbonyl (C=O) groups is 1. The van der Waals surface area contributed by atoms with Crippen LogP contribution >= 0.6 is 0 Å². The van der Waals surface area contributed by atoms with Gasteiger partial charge in [-0.25, -0.2) is 0 Å². The fraction of sp³-hybridized carbons (Fsp3) is 0.533. The lowest BCUT2D eigenvalue weighted by molar-refractivity contribution is -0.120. The van der Waals surface area contributed by atoms with E-state index in [1.54, 1.807) is 0 Å². The smallest absolute Gasteiger partial charge is 0.224 e. The summed E-state index contributed by atoms with van der Waals surface area (Å²) in [6.45, 7) is 3.07. The van der Waals surface area contributed by atoms with Crippen LogP contribution in [0, 0.1) is 5.41 Å². The van der Waals surface area contributed by atoms with Crippen molar-refractivity contribution >= 4 is 11.6 Å². The highest BCUT2D eigenvalue weighted by Gasteiger charge is 2.28. The van der Waals surface area contributed by atoms with Crippen LogP contribution in [0.15, 0.2) is 24.3 Å². The predicted octanol–water partition coefficient (Wildman–Crippen LogP) is 2.51. The zero-order valence-electron chi connectivity index (χ0n) is 11.0. The summed E-state index contributed by atoms with van der Waals surface area (Å²) in [4.78, 5) is 11.9. The van der Waals surface area contributed by atoms with Crippen LogP contribution in [0.1, 0.15) is 38.2 Å². The first-order valence-corrected chi connectivity index (χ1v) is 6.69. The lowest BCUT2D eigenvalue weighted by Crippen LogP contribution is -2.34. The minimum Gasteiger partial charge on any atom is -0.399 e. The lowest BCUT2D eigenvalue weighted by atomic mass is 9.89. The van der Waals surface area contributed by atoms with Gasteiger partial charge in [0.25, 0.3) is 0 Å². The molecular formula is C15H22N2O. The second-order valence-electron chi connectivity index (χ2n) is 5.71. The Morgan fingerprint density at radius 1 is 1.28 bits per heavy atom. The number of rotatable bonds is 4. The molecule has 0 aliphatic heterocycles. The van der Waals surface area contributed by atoms with Crippen molar-refractivity contribution in [3.63, 3.8) is 0 Å². The molecular weight excluding hydrogens is 224 g/mol. The number of carbonyl (C=O) groups excluding carboxylic acids is 1. The van der Waals surface area contributed by atoms with E-state index in [2.05, 4.69) is 12.2 Å². The first-order valence-electron chi connectivity index (χ1n) is 6.69. The third-order valence-corrected chi connectivity index (χ3v) is 3.87. The Kier molecular flexibility index (Phi) is 3.90. The molecule has 0 radical (unpaired) electrons. The van der Waals surface area contributed by atoms with Gasteiger partial charge in [-0.3, -0.25) is 4.79 Å². The van der Waals surface area contributed by atoms with Crippen molar-refractivity contribution < 1.29 is 4.79 Å². The molecule has 1 saturated carbocycles. The van der Waals surface area contributed by atoms with E-state index < -0.39 is 0 Å². The number of amides is 1. The van der Waals surface area contributed by atoms with E-state index in [1.165, 1.54) is 25.7 Å². The average Bonchev–Trinajstić information content (AvgIpc) is 2.78. The van der Waals surface area contributed by atoms with E-state index in [-0.39, 0.29) is 5.91 Å². The molecule has 0 spiro atoms. The summed E-state index contributed by atoms with van der Waals surface area (Å²) < 4.78 is 0. The van der Waals surface area contributed by atoms with Gasteiger partial charge in [0, 0.05) is 12.2 Å². The fourth-order valence-electron chi connectivity index (χ4n) is 2.60. The Balaban J connectivity index is 1.80. The quantitative estimate of drug-likeness (QED) is 0.802. The number of nitrogens with two attached hydrogens (primary N) is 1. The molecule has 2 rings (SSSR count). The SMILES string of the molecule is CC1(CNC(=O)Cc2ccc(N)cc2)CCCC1. The molecule has 3 heteroatoms. The molecule has 0 bridgehead atoms. The number of hydrogen-bond acceptors (Lipinski definition) is 2. The monoisotopic (exact) mass is 246 g/mol. The molecule has 3 N–H and O–H groups in total. The molecule has 1 aromatic rings. The molecule has 3 nitrogen and oxygen atoms in total. The van der Waals surface area contributed by atoms with Crippen LogP contribution in [-0.2, 0) is 11.2 Å². The van der Waals surface area contributed by atoms with Crippen molar-refractivity contribution in [2.75, 3.05) is 12.3 Å². The van der Waals surface area contributed by atoms with E-state index in [1.807, 2.05) is 24.3 Å². The van der Waals surface area contributed by atoms with Gasteiger partial charge in [-0.1, -0.05) is 31.9 Å². The van der Waals surface area contributed by atoms with E-state index in [0.717, 1.165) is 17.8 Å². The van der Waals surface area contributed by atoms with E-state index in [4.69, 9.17) is 5.73 Å². The minimum atomic E-state index is 0.105. The number of nitrogen functional groups attached to an aromatic ring is 1. The molecule has 0 saturated heterocycles. The van der Waals surface area contributed by atoms with Crippen molar-refractivity contribution in [2.45, 2.75) is 39.0 Å². The van der Waals surface area contributed by atoms with Gasteiger partial charge in [0.15, 0.2) is 0 Å². The third kappa shape index (κ3) is 3.49. The van der Waals surface area contributed by atoms with Crippen LogP contribution in [0.2, 0.25) is 0 Å². The first kappa shape index (κ1) is 12.9. The zero-order chi connectivity index (χ0) is 13.0. The van der Waals surface area contributed by atoms with Crippen LogP contribution < -0.4 is 11.1 Å². The molecule has 1 fully saturated rings. The highest BCUT2D eigenvalue weighted by atomic mass is 16.1. The topological polar surface area (TPSA) is 55.1 Å². The second-order valence-corrected chi connectivity index (χ2v) is 5.71. The maximum absolute atomic E-state index is 11.9. The second kappa shape index (κ2) is 5.42. The number of nitrogens with one attached hydrogen (secondary N) is 1. The first-order chi connectivity index (χ1) is 8.57. The maximum Gasteiger partial charge on any atom is 0.224 e. The Morgan fingerprint density at radius 3 is 2.50 bits per heavy atom. The van der Waals surface area contributed by atoms with Crippen molar-refractivity contribution in [1.82, 2.24) is 5.32 Å². The summed E-state index contributed by atoms with van der Waals surface area (Å²) in [6, 6.07) is 7.49. The Hall–Kier alpha value is -1.51. The molecule has 1 aliphatic rings. The van der Waals surface area contributed by atoms with Gasteiger partial charge in [-0.2, -0.15) is 0 Å². The van der Waals surface area contributed by atoms with Gasteiger partial charge in [-0.15, -0.1) is 0 Å². The molecule has 1 aromatic carbocycles. The van der Waals surface area contributed by atoms with Gasteiger partial charge in [-0.05, 0) is 36.0 Å². The van der Waals surface area contributed by atoms with Gasteiger partial charge >= 0.3 is 0 Å². The van der Waals surface area contributed by atoms with E-state index in [0.29, 0.717) is 11.8 Å². The van der Waals surface area contributed by atoms with Crippen molar-refractivity contribution in [3.05, 3.63) is 29.8 Å². The van der Waals surface area contributed by atoms with Crippen molar-refractivity contribution in [2.24, 2.45) is 5.41 Å². The largest absolute Gasteiger partial charge is 0.399 e. The lowest BCUT2D eigenvalue weighted by Gasteiger charge is -2.23. The Bertz CT molecular complexity index is 405. The summed E-state index contributed by atoms with van der Waals surface area (Å²) >= 11 is 0. The van der Waals surface area contributed by atoms with Crippen LogP contribution in [0.25, 0.3) is 0 Å². The molecule has 0 unspecified atom stereocenters. The third-order valence-electron chi connectivity index (χ3n) is 3.87. The molecule has 98 valence electrons. The van der Waals surface area contributed by atoms with Gasteiger partial charge < -0.3 is 11.1 Å². The summed E-state index contributed by atoms with van der Waals surface area (Å²) in [6.07, 6.45) is 5.50. The van der Waals surface area contributed by atoms with E-state index in [9.17, 15) is 4.79 Å². The summed E-state index contributed by atoms with van der Waals surface area (Å²) in [5.41, 5.74) is 7.68. The molecule has 18 heavy (non-hydrogen) atoms. The van der Waals surface area contributed by atoms with Gasteiger partial charge in [0.2, 0.25) is 5.91 Å². The highest BCUT2D eigenvalue weighted by Crippen LogP contribution is 2.36. The fourth-order valence-corrected chi connectivity index (χ4v) is 2.60. The number of anilines is 1. The van der Waals surface area contributed by atoms with Crippen LogP contribution in [0.4, 0.5) is 5.69 Å². The average molecular weight is 246 g/mol. The summed E-state index contributed by atoms with van der Waals surface area (Å²) in [5, 5.41) is 3.06. The Labute approximate surface area is 109 Å². The van der Waals surface area contributed by atoms with Gasteiger partial charge in [0.05, 0.1) is 6.42 Å². The minimum absolute atomic E-state index is 0.105. The number of benzene rings is 1. The van der Waals surface area contributed by atoms with Crippen LogP contribution in [-0.4, -0.2) is 12.5 Å². The molecule has 0 aromatic heterocycles. The van der Waals surface area contributed by atoms with Crippen LogP contribution in [0.3, 0.4) is 0 Å². The molecule has 0 heterocycles. The van der Waals surface area contributed by atoms with Crippen LogP contribution in [0.5, 0.6) is 0 Å². The van der Waals surface area contributed by atoms with Crippen molar-refractivity contribution in [1.29, 1.82) is 0 Å². The normalized spacial score (nSPS) is 17.6. The van der Waals surface area contributed by atoms with Crippen molar-refractivity contribution in [3.8, 4) is 0 Å². The molecule has 1 aliphatic carbocycles. The zero-order valence-corrected chi connectivity index (χ0v) is 11.0. The maximum atomic E-state index is 11.9. The Morgan fingerprint density at radius 2 is 1.89 bits per heavy atom. The molecule has 0 atom stereocenters. The number of hydrogen-bond donors (Lipinski definition) is 2. The predicted molar refractivity (Wildman–Crippen MR) is 74.1 cm³/mol. The summed E-state index contributed by atoms with van der Waals surface area (Å²) in [7, 11) is 0.